The predicted octanol–water partition coefficient (Wildman–Crippen LogP) is 0.480. The number of hydrogen-bond acceptors (Lipinski definition) is 1. The van der Waals surface area contributed by atoms with Crippen LogP contribution in [0.15, 0.2) is 0 Å². The van der Waals surface area contributed by atoms with Crippen molar-refractivity contribution in [1.82, 2.24) is 0 Å². The van der Waals surface area contributed by atoms with Crippen molar-refractivity contribution in [3.05, 3.63) is 0 Å². The van der Waals surface area contributed by atoms with E-state index in [1.807, 2.05) is 0 Å². The maximum atomic E-state index is 10.9. The van der Waals surface area contributed by atoms with Gasteiger partial charge in [0.25, 0.3) is 0 Å². The lowest BCUT2D eigenvalue weighted by atomic mass is 10.8. The van der Waals surface area contributed by atoms with Crippen LogP contribution in [0.3, 0.4) is 0 Å². The number of halogens is 2. The topological polar surface area (TPSA) is 26.0 Å². The normalized spacial score (nSPS) is 15.0. The van der Waals surface area contributed by atoms with Gasteiger partial charge in [-0.15, -0.1) is 11.6 Å². The number of hydrogen-bond donors (Lipinski definition) is 1. The summed E-state index contributed by atoms with van der Waals surface area (Å²) in [7, 11) is 0. The summed E-state index contributed by atoms with van der Waals surface area (Å²) >= 11 is 4.86. The Morgan fingerprint density at radius 1 is 2.00 bits per heavy atom. The molecule has 0 heterocycles. The van der Waals surface area contributed by atoms with Crippen LogP contribution in [0.5, 0.6) is 0 Å². The molecule has 0 fully saturated rings. The van der Waals surface area contributed by atoms with Crippen LogP contribution in [0.4, 0.5) is 4.39 Å². The van der Waals surface area contributed by atoms with Gasteiger partial charge in [-0.2, -0.15) is 0 Å². The minimum atomic E-state index is -0.810. The molecule has 1 nitrogen and oxygen atoms in total. The van der Waals surface area contributed by atoms with Gasteiger partial charge in [-0.25, -0.2) is 4.39 Å². The van der Waals surface area contributed by atoms with Crippen LogP contribution in [0.2, 0.25) is 0 Å². The van der Waals surface area contributed by atoms with Crippen molar-refractivity contribution >= 4 is 11.6 Å². The largest absolute Gasteiger partial charge is 0.313 e. The Bertz CT molecular complexity index is 23.6. The van der Waals surface area contributed by atoms with Gasteiger partial charge >= 0.3 is 0 Å². The molecule has 0 saturated heterocycles. The van der Waals surface area contributed by atoms with Gasteiger partial charge in [-0.3, -0.25) is 0 Å². The quantitative estimate of drug-likeness (QED) is 0.374. The fourth-order valence-corrected chi connectivity index (χ4v) is 0. The molecular weight excluding hydrogens is 92.5 g/mol. The van der Waals surface area contributed by atoms with Crippen LogP contribution in [0.25, 0.3) is 0 Å². The Morgan fingerprint density at radius 3 is 2.20 bits per heavy atom. The van der Waals surface area contributed by atoms with Crippen molar-refractivity contribution in [2.24, 2.45) is 5.73 Å². The van der Waals surface area contributed by atoms with Crippen LogP contribution in [0, 0.1) is 0 Å². The zero-order chi connectivity index (χ0) is 4.28. The van der Waals surface area contributed by atoms with Gasteiger partial charge in [-0.05, 0) is 0 Å². The lowest BCUT2D eigenvalue weighted by molar-refractivity contribution is 0.484. The molecule has 0 aliphatic heterocycles. The van der Waals surface area contributed by atoms with Crippen molar-refractivity contribution in [2.75, 3.05) is 6.67 Å². The van der Waals surface area contributed by atoms with E-state index in [1.54, 1.807) is 0 Å². The second kappa shape index (κ2) is 2.42. The van der Waals surface area contributed by atoms with Gasteiger partial charge in [0, 0.05) is 0 Å². The summed E-state index contributed by atoms with van der Waals surface area (Å²) in [4.78, 5) is 0. The highest BCUT2D eigenvalue weighted by Gasteiger charge is 1.86. The molecule has 2 N–H and O–H groups in total. The zero-order valence-corrected chi connectivity index (χ0v) is 3.37. The van der Waals surface area contributed by atoms with Crippen molar-refractivity contribution < 1.29 is 4.39 Å². The van der Waals surface area contributed by atoms with E-state index in [4.69, 9.17) is 11.6 Å². The van der Waals surface area contributed by atoms with Crippen molar-refractivity contribution in [1.29, 1.82) is 0 Å². The first-order chi connectivity index (χ1) is 2.27. The van der Waals surface area contributed by atoms with Crippen LogP contribution in [0.1, 0.15) is 0 Å². The van der Waals surface area contributed by atoms with Gasteiger partial charge in [0.15, 0.2) is 0 Å². The molecule has 0 bridgehead atoms. The number of rotatable bonds is 1. The SMILES string of the molecule is NC(Cl)CF. The predicted molar refractivity (Wildman–Crippen MR) is 19.8 cm³/mol. The van der Waals surface area contributed by atoms with E-state index >= 15 is 0 Å². The minimum absolute atomic E-state index is 0.651. The summed E-state index contributed by atoms with van der Waals surface area (Å²) < 4.78 is 10.9. The van der Waals surface area contributed by atoms with Crippen molar-refractivity contribution in [3.63, 3.8) is 0 Å². The summed E-state index contributed by atoms with van der Waals surface area (Å²) in [6, 6.07) is 0. The molecule has 32 valence electrons. The van der Waals surface area contributed by atoms with E-state index < -0.39 is 12.2 Å². The molecule has 5 heavy (non-hydrogen) atoms. The Morgan fingerprint density at radius 2 is 2.20 bits per heavy atom. The third-order valence-corrected chi connectivity index (χ3v) is 0.264. The molecular formula is C2H5ClFN. The second-order valence-electron chi connectivity index (χ2n) is 0.670. The van der Waals surface area contributed by atoms with Crippen molar-refractivity contribution in [3.8, 4) is 0 Å². The Labute approximate surface area is 34.9 Å². The summed E-state index contributed by atoms with van der Waals surface area (Å²) in [5, 5.41) is 0. The van der Waals surface area contributed by atoms with Gasteiger partial charge in [-0.1, -0.05) is 0 Å². The van der Waals surface area contributed by atoms with E-state index in [2.05, 4.69) is 5.73 Å². The first-order valence-corrected chi connectivity index (χ1v) is 1.66. The van der Waals surface area contributed by atoms with Gasteiger partial charge in [0.1, 0.15) is 12.2 Å². The number of alkyl halides is 2. The molecule has 0 aromatic heterocycles. The molecule has 0 radical (unpaired) electrons. The van der Waals surface area contributed by atoms with E-state index in [0.717, 1.165) is 0 Å². The molecule has 3 heteroatoms. The standard InChI is InChI=1S/C2H5ClFN/c3-2(5)1-4/h2H,1,5H2. The maximum absolute atomic E-state index is 10.9. The van der Waals surface area contributed by atoms with Gasteiger partial charge < -0.3 is 5.73 Å². The van der Waals surface area contributed by atoms with Crippen LogP contribution < -0.4 is 5.73 Å². The molecule has 0 saturated carbocycles. The van der Waals surface area contributed by atoms with Crippen LogP contribution in [-0.4, -0.2) is 12.2 Å². The highest BCUT2D eigenvalue weighted by molar-refractivity contribution is 6.20. The fourth-order valence-electron chi connectivity index (χ4n) is 0. The second-order valence-corrected chi connectivity index (χ2v) is 1.23. The van der Waals surface area contributed by atoms with E-state index in [9.17, 15) is 4.39 Å². The van der Waals surface area contributed by atoms with E-state index in [-0.39, 0.29) is 0 Å². The lowest BCUT2D eigenvalue weighted by Gasteiger charge is -1.85. The minimum Gasteiger partial charge on any atom is -0.313 e. The summed E-state index contributed by atoms with van der Waals surface area (Å²) in [5.41, 5.74) is 3.87. The summed E-state index contributed by atoms with van der Waals surface area (Å²) in [6.07, 6.45) is 0. The van der Waals surface area contributed by atoms with Crippen molar-refractivity contribution in [2.45, 2.75) is 5.50 Å². The highest BCUT2D eigenvalue weighted by Crippen LogP contribution is 1.81. The lowest BCUT2D eigenvalue weighted by Crippen LogP contribution is -2.12. The smallest absolute Gasteiger partial charge is 0.118 e. The molecule has 1 atom stereocenters. The Kier molecular flexibility index (Phi) is 2.51. The third kappa shape index (κ3) is 4.18. The highest BCUT2D eigenvalue weighted by atomic mass is 35.5. The van der Waals surface area contributed by atoms with E-state index in [1.165, 1.54) is 0 Å². The average molecular weight is 97.5 g/mol. The molecule has 1 unspecified atom stereocenters. The molecule has 0 aromatic carbocycles. The van der Waals surface area contributed by atoms with Crippen LogP contribution in [-0.2, 0) is 0 Å². The van der Waals surface area contributed by atoms with Gasteiger partial charge in [0.2, 0.25) is 0 Å². The molecule has 0 aliphatic rings. The molecule has 0 amide bonds. The Balaban J connectivity index is 2.54. The summed E-state index contributed by atoms with van der Waals surface area (Å²) in [6.45, 7) is -0.651. The molecule has 0 spiro atoms. The first-order valence-electron chi connectivity index (χ1n) is 1.23. The molecule has 0 aromatic rings. The van der Waals surface area contributed by atoms with Crippen LogP contribution >= 0.6 is 11.6 Å². The maximum Gasteiger partial charge on any atom is 0.118 e. The Hall–Kier alpha value is 0.180. The summed E-state index contributed by atoms with van der Waals surface area (Å²) in [5.74, 6) is 0. The zero-order valence-electron chi connectivity index (χ0n) is 2.62. The number of nitrogens with two attached hydrogens (primary N) is 1. The third-order valence-electron chi connectivity index (χ3n) is 0.147. The fraction of sp³-hybridized carbons (Fsp3) is 1.00. The molecule has 0 rings (SSSR count). The average Bonchev–Trinajstić information content (AvgIpc) is 1.38. The van der Waals surface area contributed by atoms with E-state index in [0.29, 0.717) is 0 Å². The molecule has 0 aliphatic carbocycles. The monoisotopic (exact) mass is 97.0 g/mol. The van der Waals surface area contributed by atoms with Gasteiger partial charge in [0.05, 0.1) is 0 Å². The first kappa shape index (κ1) is 5.18.